The molecule has 0 unspecified atom stereocenters. The van der Waals surface area contributed by atoms with Crippen LogP contribution in [0, 0.1) is 0 Å². The highest BCUT2D eigenvalue weighted by atomic mass is 35.5. The first-order valence-corrected chi connectivity index (χ1v) is 4.20. The van der Waals surface area contributed by atoms with Gasteiger partial charge in [0, 0.05) is 5.02 Å². The highest BCUT2D eigenvalue weighted by Gasteiger charge is 2.10. The average Bonchev–Trinajstić information content (AvgIpc) is 2.35. The van der Waals surface area contributed by atoms with E-state index in [0.717, 1.165) is 6.07 Å². The molecule has 14 heavy (non-hydrogen) atoms. The molecule has 0 atom stereocenters. The first-order chi connectivity index (χ1) is 8.77. The zero-order valence-corrected chi connectivity index (χ0v) is 7.68. The van der Waals surface area contributed by atoms with Crippen LogP contribution in [-0.4, -0.2) is 17.2 Å². The summed E-state index contributed by atoms with van der Waals surface area (Å²) in [7, 11) is -1.96. The molecule has 0 aromatic heterocycles. The molecule has 2 aromatic rings. The summed E-state index contributed by atoms with van der Waals surface area (Å²) >= 11 is 5.75. The van der Waals surface area contributed by atoms with Crippen molar-refractivity contribution in [2.24, 2.45) is 0 Å². The minimum atomic E-state index is -1.96. The monoisotopic (exact) mass is 211 g/mol. The molecule has 2 nitrogen and oxygen atoms in total. The predicted molar refractivity (Wildman–Crippen MR) is 58.8 cm³/mol. The second-order valence-electron chi connectivity index (χ2n) is 2.68. The van der Waals surface area contributed by atoms with E-state index in [-0.39, 0.29) is 39.4 Å². The van der Waals surface area contributed by atoms with Crippen LogP contribution in [0.25, 0.3) is 10.8 Å². The zero-order chi connectivity index (χ0) is 14.5. The molecule has 2 rings (SSSR count). The van der Waals surface area contributed by atoms with Crippen molar-refractivity contribution in [1.82, 2.24) is 0 Å². The maximum atomic E-state index is 9.14. The van der Waals surface area contributed by atoms with E-state index >= 15 is 0 Å². The van der Waals surface area contributed by atoms with E-state index in [4.69, 9.17) is 28.5 Å². The van der Waals surface area contributed by atoms with Gasteiger partial charge in [-0.1, -0.05) is 35.8 Å². The molecule has 2 aromatic carbocycles. The molecule has 0 fully saturated rings. The highest BCUT2D eigenvalue weighted by molar-refractivity contribution is 6.58. The summed E-state index contributed by atoms with van der Waals surface area (Å²) in [5.74, 6) is 0. The normalized spacial score (nSPS) is 15.5. The fraction of sp³-hybridized carbons (Fsp3) is 0. The van der Waals surface area contributed by atoms with E-state index in [9.17, 15) is 0 Å². The number of halogens is 1. The van der Waals surface area contributed by atoms with Gasteiger partial charge in [0.05, 0.1) is 6.85 Å². The van der Waals surface area contributed by atoms with Gasteiger partial charge in [0.15, 0.2) is 0 Å². The van der Waals surface area contributed by atoms with Gasteiger partial charge in [-0.05, 0) is 28.3 Å². The molecule has 0 amide bonds. The summed E-state index contributed by atoms with van der Waals surface area (Å²) in [5.41, 5.74) is -0.243. The van der Waals surface area contributed by atoms with Crippen molar-refractivity contribution in [3.63, 3.8) is 0 Å². The van der Waals surface area contributed by atoms with E-state index in [0.29, 0.717) is 0 Å². The Morgan fingerprint density at radius 1 is 1.14 bits per heavy atom. The summed E-state index contributed by atoms with van der Waals surface area (Å²) in [6, 6.07) is -0.713. The quantitative estimate of drug-likeness (QED) is 0.695. The SMILES string of the molecule is [2H]c1c(Cl)c([2H])c2c([2H])cc(B(O)O)c([2H])c2c1[2H]. The lowest BCUT2D eigenvalue weighted by Gasteiger charge is -2.02. The average molecular weight is 211 g/mol. The van der Waals surface area contributed by atoms with Crippen LogP contribution in [0.3, 0.4) is 0 Å². The molecule has 4 heteroatoms. The third kappa shape index (κ3) is 1.75. The lowest BCUT2D eigenvalue weighted by atomic mass is 9.79. The van der Waals surface area contributed by atoms with E-state index in [2.05, 4.69) is 0 Å². The molecular weight excluding hydrogens is 198 g/mol. The van der Waals surface area contributed by atoms with Crippen molar-refractivity contribution in [2.45, 2.75) is 0 Å². The fourth-order valence-corrected chi connectivity index (χ4v) is 1.20. The first kappa shape index (κ1) is 5.17. The zero-order valence-electron chi connectivity index (χ0n) is 11.9. The van der Waals surface area contributed by atoms with E-state index in [1.165, 1.54) is 0 Å². The molecule has 0 aliphatic rings. The second kappa shape index (κ2) is 3.61. The van der Waals surface area contributed by atoms with Gasteiger partial charge in [-0.2, -0.15) is 0 Å². The smallest absolute Gasteiger partial charge is 0.423 e. The van der Waals surface area contributed by atoms with Crippen molar-refractivity contribution in [3.05, 3.63) is 41.3 Å². The maximum Gasteiger partial charge on any atom is 0.488 e. The predicted octanol–water partition coefficient (Wildman–Crippen LogP) is 1.17. The Balaban J connectivity index is 3.09. The van der Waals surface area contributed by atoms with Crippen molar-refractivity contribution >= 4 is 35.0 Å². The van der Waals surface area contributed by atoms with Crippen molar-refractivity contribution < 1.29 is 16.9 Å². The molecular formula is C10H8BClO2. The molecule has 0 saturated heterocycles. The molecule has 2 N–H and O–H groups in total. The van der Waals surface area contributed by atoms with Gasteiger partial charge in [0.25, 0.3) is 0 Å². The van der Waals surface area contributed by atoms with Crippen LogP contribution in [0.2, 0.25) is 5.02 Å². The molecule has 0 saturated carbocycles. The Morgan fingerprint density at radius 3 is 2.57 bits per heavy atom. The minimum absolute atomic E-state index is 0.0413. The van der Waals surface area contributed by atoms with Crippen LogP contribution >= 0.6 is 11.6 Å². The third-order valence-corrected chi connectivity index (χ3v) is 1.89. The Bertz CT molecular complexity index is 692. The molecule has 0 bridgehead atoms. The minimum Gasteiger partial charge on any atom is -0.423 e. The van der Waals surface area contributed by atoms with Crippen LogP contribution in [0.15, 0.2) is 36.3 Å². The van der Waals surface area contributed by atoms with E-state index in [1.54, 1.807) is 0 Å². The highest BCUT2D eigenvalue weighted by Crippen LogP contribution is 2.17. The van der Waals surface area contributed by atoms with Gasteiger partial charge in [-0.15, -0.1) is 0 Å². The van der Waals surface area contributed by atoms with Gasteiger partial charge in [0.2, 0.25) is 0 Å². The Morgan fingerprint density at radius 2 is 1.86 bits per heavy atom. The largest absolute Gasteiger partial charge is 0.488 e. The third-order valence-electron chi connectivity index (χ3n) is 1.70. The maximum absolute atomic E-state index is 9.14. The molecule has 0 aliphatic heterocycles. The summed E-state index contributed by atoms with van der Waals surface area (Å²) < 4.78 is 38.8. The molecule has 0 radical (unpaired) electrons. The lowest BCUT2D eigenvalue weighted by Crippen LogP contribution is -2.29. The number of benzene rings is 2. The standard InChI is InChI=1S/C10H8BClO2/c12-10-4-2-7-5-9(11(13)14)3-1-8(7)6-10/h1-6,13-14H/i1D,2D,4D,5D,6D. The Hall–Kier alpha value is -1.03. The summed E-state index contributed by atoms with van der Waals surface area (Å²) in [5, 5.41) is 17.8. The van der Waals surface area contributed by atoms with Crippen molar-refractivity contribution in [2.75, 3.05) is 0 Å². The molecule has 70 valence electrons. The second-order valence-corrected chi connectivity index (χ2v) is 3.06. The summed E-state index contributed by atoms with van der Waals surface area (Å²) in [6.07, 6.45) is 0. The summed E-state index contributed by atoms with van der Waals surface area (Å²) in [4.78, 5) is 0. The van der Waals surface area contributed by atoms with Crippen LogP contribution < -0.4 is 5.46 Å². The van der Waals surface area contributed by atoms with Crippen LogP contribution in [0.5, 0.6) is 0 Å². The van der Waals surface area contributed by atoms with Gasteiger partial charge in [0.1, 0.15) is 0 Å². The van der Waals surface area contributed by atoms with E-state index in [1.807, 2.05) is 0 Å². The number of rotatable bonds is 1. The first-order valence-electron chi connectivity index (χ1n) is 6.32. The van der Waals surface area contributed by atoms with Gasteiger partial charge >= 0.3 is 7.12 Å². The number of hydrogen-bond donors (Lipinski definition) is 2. The molecule has 0 heterocycles. The van der Waals surface area contributed by atoms with E-state index < -0.39 is 19.2 Å². The van der Waals surface area contributed by atoms with Crippen molar-refractivity contribution in [3.8, 4) is 0 Å². The molecule has 0 aliphatic carbocycles. The van der Waals surface area contributed by atoms with Crippen molar-refractivity contribution in [1.29, 1.82) is 0 Å². The lowest BCUT2D eigenvalue weighted by molar-refractivity contribution is 0.426. The summed E-state index contributed by atoms with van der Waals surface area (Å²) in [6.45, 7) is 0. The number of fused-ring (bicyclic) bond motifs is 1. The van der Waals surface area contributed by atoms with Crippen LogP contribution in [0.1, 0.15) is 6.85 Å². The van der Waals surface area contributed by atoms with Crippen LogP contribution in [0.4, 0.5) is 0 Å². The van der Waals surface area contributed by atoms with Gasteiger partial charge < -0.3 is 10.0 Å². The van der Waals surface area contributed by atoms with Crippen LogP contribution in [-0.2, 0) is 0 Å². The van der Waals surface area contributed by atoms with Gasteiger partial charge in [-0.25, -0.2) is 0 Å². The molecule has 0 spiro atoms. The Kier molecular flexibility index (Phi) is 1.33. The topological polar surface area (TPSA) is 40.5 Å². The Labute approximate surface area is 93.9 Å². The van der Waals surface area contributed by atoms with Gasteiger partial charge in [-0.3, -0.25) is 0 Å². The number of hydrogen-bond acceptors (Lipinski definition) is 2. The fourth-order valence-electron chi connectivity index (χ4n) is 1.05.